The molecule has 1 heterocycles. The van der Waals surface area contributed by atoms with Crippen LogP contribution in [0.2, 0.25) is 0 Å². The predicted octanol–water partition coefficient (Wildman–Crippen LogP) is 1.71. The molecule has 2 rings (SSSR count). The number of sulfonamides is 1. The molecule has 0 saturated heterocycles. The van der Waals surface area contributed by atoms with Crippen molar-refractivity contribution >= 4 is 31.6 Å². The van der Waals surface area contributed by atoms with Crippen LogP contribution in [0, 0.1) is 6.92 Å². The number of rotatable bonds is 5. The van der Waals surface area contributed by atoms with Gasteiger partial charge in [0.15, 0.2) is 0 Å². The zero-order valence-electron chi connectivity index (χ0n) is 10.9. The zero-order valence-corrected chi connectivity index (χ0v) is 13.3. The van der Waals surface area contributed by atoms with Gasteiger partial charge >= 0.3 is 0 Å². The summed E-state index contributed by atoms with van der Waals surface area (Å²) in [6.07, 6.45) is 2.77. The Bertz CT molecular complexity index is 712. The summed E-state index contributed by atoms with van der Waals surface area (Å²) in [4.78, 5) is 0.116. The molecule has 0 atom stereocenters. The smallest absolute Gasteiger partial charge is 0.265 e. The van der Waals surface area contributed by atoms with Crippen LogP contribution in [0.5, 0.6) is 0 Å². The van der Waals surface area contributed by atoms with E-state index < -0.39 is 10.0 Å². The van der Waals surface area contributed by atoms with Crippen LogP contribution < -0.4 is 10.5 Å². The lowest BCUT2D eigenvalue weighted by molar-refractivity contribution is 0.599. The first-order chi connectivity index (χ1) is 9.44. The van der Waals surface area contributed by atoms with Crippen molar-refractivity contribution in [2.75, 3.05) is 11.3 Å². The molecule has 0 unspecified atom stereocenters. The third-order valence-electron chi connectivity index (χ3n) is 2.79. The van der Waals surface area contributed by atoms with E-state index >= 15 is 0 Å². The Kier molecular flexibility index (Phi) is 4.46. The highest BCUT2D eigenvalue weighted by molar-refractivity contribution is 9.10. The minimum absolute atomic E-state index is 0.116. The number of anilines is 1. The van der Waals surface area contributed by atoms with Gasteiger partial charge < -0.3 is 5.73 Å². The maximum atomic E-state index is 12.3. The molecule has 0 amide bonds. The second-order valence-corrected chi connectivity index (χ2v) is 6.78. The molecule has 0 bridgehead atoms. The van der Waals surface area contributed by atoms with Crippen molar-refractivity contribution in [1.82, 2.24) is 9.78 Å². The summed E-state index contributed by atoms with van der Waals surface area (Å²) in [5.74, 6) is 0. The molecule has 8 heteroatoms. The lowest BCUT2D eigenvalue weighted by Gasteiger charge is -2.10. The molecular weight excluding hydrogens is 344 g/mol. The minimum atomic E-state index is -3.65. The van der Waals surface area contributed by atoms with Crippen LogP contribution in [0.4, 0.5) is 5.69 Å². The summed E-state index contributed by atoms with van der Waals surface area (Å²) >= 11 is 3.37. The Morgan fingerprint density at radius 3 is 2.90 bits per heavy atom. The molecule has 0 aliphatic carbocycles. The van der Waals surface area contributed by atoms with Gasteiger partial charge in [-0.1, -0.05) is 22.0 Å². The number of benzene rings is 1. The second kappa shape index (κ2) is 5.94. The summed E-state index contributed by atoms with van der Waals surface area (Å²) in [5.41, 5.74) is 6.77. The van der Waals surface area contributed by atoms with Gasteiger partial charge in [0.25, 0.3) is 10.0 Å². The van der Waals surface area contributed by atoms with Gasteiger partial charge in [0.2, 0.25) is 0 Å². The van der Waals surface area contributed by atoms with E-state index in [4.69, 9.17) is 5.73 Å². The van der Waals surface area contributed by atoms with Gasteiger partial charge in [0, 0.05) is 17.2 Å². The maximum Gasteiger partial charge on any atom is 0.265 e. The predicted molar refractivity (Wildman–Crippen MR) is 81.0 cm³/mol. The van der Waals surface area contributed by atoms with Crippen molar-refractivity contribution in [2.24, 2.45) is 5.73 Å². The lowest BCUT2D eigenvalue weighted by Crippen LogP contribution is -2.14. The minimum Gasteiger partial charge on any atom is -0.329 e. The molecule has 0 fully saturated rings. The van der Waals surface area contributed by atoms with Gasteiger partial charge in [-0.05, 0) is 24.6 Å². The highest BCUT2D eigenvalue weighted by Crippen LogP contribution is 2.25. The molecular formula is C12H15BrN4O2S. The van der Waals surface area contributed by atoms with Crippen molar-refractivity contribution in [3.05, 3.63) is 40.6 Å². The van der Waals surface area contributed by atoms with Gasteiger partial charge in [-0.3, -0.25) is 9.40 Å². The van der Waals surface area contributed by atoms with E-state index in [0.29, 0.717) is 18.8 Å². The molecule has 2 aromatic rings. The summed E-state index contributed by atoms with van der Waals surface area (Å²) in [5, 5.41) is 3.96. The quantitative estimate of drug-likeness (QED) is 0.851. The number of aromatic nitrogens is 2. The number of hydrogen-bond acceptors (Lipinski definition) is 4. The SMILES string of the molecule is Cc1c(Br)cccc1NS(=O)(=O)c1cnn(CCN)c1. The van der Waals surface area contributed by atoms with Gasteiger partial charge in [-0.2, -0.15) is 5.10 Å². The standard InChI is InChI=1S/C12H15BrN4O2S/c1-9-11(13)3-2-4-12(9)16-20(18,19)10-7-15-17(8-10)6-5-14/h2-4,7-8,16H,5-6,14H2,1H3. The van der Waals surface area contributed by atoms with E-state index in [0.717, 1.165) is 10.0 Å². The molecule has 0 aliphatic heterocycles. The third kappa shape index (κ3) is 3.20. The van der Waals surface area contributed by atoms with Crippen molar-refractivity contribution < 1.29 is 8.42 Å². The molecule has 1 aromatic carbocycles. The normalized spacial score (nSPS) is 11.6. The molecule has 1 aromatic heterocycles. The zero-order chi connectivity index (χ0) is 14.8. The molecule has 6 nitrogen and oxygen atoms in total. The van der Waals surface area contributed by atoms with Crippen molar-refractivity contribution in [1.29, 1.82) is 0 Å². The first-order valence-electron chi connectivity index (χ1n) is 5.94. The first kappa shape index (κ1) is 15.0. The lowest BCUT2D eigenvalue weighted by atomic mass is 10.2. The van der Waals surface area contributed by atoms with Crippen LogP contribution in [-0.4, -0.2) is 24.7 Å². The van der Waals surface area contributed by atoms with Crippen LogP contribution in [0.25, 0.3) is 0 Å². The molecule has 108 valence electrons. The fraction of sp³-hybridized carbons (Fsp3) is 0.250. The fourth-order valence-electron chi connectivity index (χ4n) is 1.66. The molecule has 0 radical (unpaired) electrons. The second-order valence-electron chi connectivity index (χ2n) is 4.25. The first-order valence-corrected chi connectivity index (χ1v) is 8.22. The Morgan fingerprint density at radius 1 is 1.45 bits per heavy atom. The third-order valence-corrected chi connectivity index (χ3v) is 4.97. The van der Waals surface area contributed by atoms with Crippen molar-refractivity contribution in [3.8, 4) is 0 Å². The average Bonchev–Trinajstić information content (AvgIpc) is 2.85. The average molecular weight is 359 g/mol. The molecule has 3 N–H and O–H groups in total. The van der Waals surface area contributed by atoms with Crippen molar-refractivity contribution in [3.63, 3.8) is 0 Å². The van der Waals surface area contributed by atoms with E-state index in [-0.39, 0.29) is 4.90 Å². The fourth-order valence-corrected chi connectivity index (χ4v) is 3.10. The van der Waals surface area contributed by atoms with Crippen LogP contribution in [0.15, 0.2) is 40.0 Å². The van der Waals surface area contributed by atoms with Crippen LogP contribution in [0.1, 0.15) is 5.56 Å². The van der Waals surface area contributed by atoms with Crippen LogP contribution >= 0.6 is 15.9 Å². The van der Waals surface area contributed by atoms with Crippen LogP contribution in [0.3, 0.4) is 0 Å². The summed E-state index contributed by atoms with van der Waals surface area (Å²) in [7, 11) is -3.65. The number of hydrogen-bond donors (Lipinski definition) is 2. The Hall–Kier alpha value is -1.38. The topological polar surface area (TPSA) is 90.0 Å². The van der Waals surface area contributed by atoms with Crippen molar-refractivity contribution in [2.45, 2.75) is 18.4 Å². The van der Waals surface area contributed by atoms with Gasteiger partial charge in [0.05, 0.1) is 18.4 Å². The van der Waals surface area contributed by atoms with E-state index in [1.165, 1.54) is 17.1 Å². The number of nitrogens with one attached hydrogen (secondary N) is 1. The molecule has 0 saturated carbocycles. The van der Waals surface area contributed by atoms with E-state index in [1.807, 2.05) is 13.0 Å². The van der Waals surface area contributed by atoms with E-state index in [1.54, 1.807) is 12.1 Å². The monoisotopic (exact) mass is 358 g/mol. The van der Waals surface area contributed by atoms with E-state index in [9.17, 15) is 8.42 Å². The Labute approximate surface area is 126 Å². The van der Waals surface area contributed by atoms with Gasteiger partial charge in [0.1, 0.15) is 4.90 Å². The van der Waals surface area contributed by atoms with Gasteiger partial charge in [-0.15, -0.1) is 0 Å². The highest BCUT2D eigenvalue weighted by Gasteiger charge is 2.17. The number of nitrogens with zero attached hydrogens (tertiary/aromatic N) is 2. The Balaban J connectivity index is 2.28. The largest absolute Gasteiger partial charge is 0.329 e. The van der Waals surface area contributed by atoms with Gasteiger partial charge in [-0.25, -0.2) is 8.42 Å². The Morgan fingerprint density at radius 2 is 2.20 bits per heavy atom. The van der Waals surface area contributed by atoms with Crippen LogP contribution in [-0.2, 0) is 16.6 Å². The molecule has 20 heavy (non-hydrogen) atoms. The maximum absolute atomic E-state index is 12.3. The number of nitrogens with two attached hydrogens (primary N) is 1. The number of halogens is 1. The highest BCUT2D eigenvalue weighted by atomic mass is 79.9. The molecule has 0 spiro atoms. The summed E-state index contributed by atoms with van der Waals surface area (Å²) in [6.45, 7) is 2.71. The summed E-state index contributed by atoms with van der Waals surface area (Å²) in [6, 6.07) is 5.33. The van der Waals surface area contributed by atoms with E-state index in [2.05, 4.69) is 25.8 Å². The molecule has 0 aliphatic rings. The summed E-state index contributed by atoms with van der Waals surface area (Å²) < 4.78 is 29.4.